The first-order valence-electron chi connectivity index (χ1n) is 11.3. The minimum Gasteiger partial charge on any atom is -0.451 e. The number of carbonyl (C=O) groups excluding carboxylic acids is 2. The molecule has 7 nitrogen and oxygen atoms in total. The van der Waals surface area contributed by atoms with E-state index in [2.05, 4.69) is 5.10 Å². The second-order valence-electron chi connectivity index (χ2n) is 8.63. The fraction of sp³-hybridized carbons (Fsp3) is 0.269. The van der Waals surface area contributed by atoms with Gasteiger partial charge in [0.15, 0.2) is 5.76 Å². The van der Waals surface area contributed by atoms with Gasteiger partial charge in [-0.05, 0) is 31.5 Å². The first-order valence-corrected chi connectivity index (χ1v) is 11.6. The van der Waals surface area contributed by atoms with E-state index in [-0.39, 0.29) is 11.8 Å². The van der Waals surface area contributed by atoms with Crippen LogP contribution in [0.4, 0.5) is 0 Å². The van der Waals surface area contributed by atoms with Crippen molar-refractivity contribution < 1.29 is 14.0 Å². The van der Waals surface area contributed by atoms with E-state index in [0.717, 1.165) is 10.9 Å². The van der Waals surface area contributed by atoms with E-state index in [1.807, 2.05) is 55.5 Å². The molecule has 1 fully saturated rings. The number of hydrogen-bond donors (Lipinski definition) is 0. The molecule has 34 heavy (non-hydrogen) atoms. The van der Waals surface area contributed by atoms with Crippen molar-refractivity contribution in [3.8, 4) is 0 Å². The molecular formula is C26H25ClN4O3. The summed E-state index contributed by atoms with van der Waals surface area (Å²) >= 11 is 6.60. The number of fused-ring (bicyclic) bond motifs is 1. The Morgan fingerprint density at radius 3 is 2.26 bits per heavy atom. The lowest BCUT2D eigenvalue weighted by atomic mass is 10.1. The molecule has 0 unspecified atom stereocenters. The second kappa shape index (κ2) is 8.99. The van der Waals surface area contributed by atoms with Crippen LogP contribution in [0.2, 0.25) is 5.15 Å². The average molecular weight is 477 g/mol. The van der Waals surface area contributed by atoms with Gasteiger partial charge in [-0.15, -0.1) is 0 Å². The summed E-state index contributed by atoms with van der Waals surface area (Å²) in [5.41, 5.74) is 3.95. The molecule has 3 heterocycles. The minimum absolute atomic E-state index is 0.159. The summed E-state index contributed by atoms with van der Waals surface area (Å²) in [5, 5.41) is 5.74. The smallest absolute Gasteiger partial charge is 0.289 e. The average Bonchev–Trinajstić information content (AvgIpc) is 3.40. The Kier molecular flexibility index (Phi) is 5.87. The van der Waals surface area contributed by atoms with Crippen LogP contribution in [0.5, 0.6) is 0 Å². The molecule has 0 N–H and O–H groups in total. The SMILES string of the molecule is Cc1ccc(Cn2nc(C)c(C(=O)N3CCN(C(=O)c4cc5ccccc5o4)CC3)c2Cl)cc1. The van der Waals surface area contributed by atoms with Gasteiger partial charge < -0.3 is 14.2 Å². The van der Waals surface area contributed by atoms with E-state index in [1.54, 1.807) is 27.5 Å². The van der Waals surface area contributed by atoms with E-state index in [9.17, 15) is 9.59 Å². The molecule has 0 spiro atoms. The molecule has 1 aliphatic heterocycles. The number of hydrogen-bond acceptors (Lipinski definition) is 4. The number of rotatable bonds is 4. The van der Waals surface area contributed by atoms with Gasteiger partial charge in [-0.3, -0.25) is 9.59 Å². The van der Waals surface area contributed by atoms with Crippen molar-refractivity contribution in [3.63, 3.8) is 0 Å². The molecule has 5 rings (SSSR count). The summed E-state index contributed by atoms with van der Waals surface area (Å²) in [4.78, 5) is 29.6. The Morgan fingerprint density at radius 1 is 0.941 bits per heavy atom. The fourth-order valence-corrected chi connectivity index (χ4v) is 4.60. The van der Waals surface area contributed by atoms with Crippen LogP contribution in [0.1, 0.15) is 37.7 Å². The van der Waals surface area contributed by atoms with Crippen LogP contribution in [0.15, 0.2) is 59.0 Å². The van der Waals surface area contributed by atoms with Crippen molar-refractivity contribution in [1.29, 1.82) is 0 Å². The predicted octanol–water partition coefficient (Wildman–Crippen LogP) is 4.55. The zero-order valence-electron chi connectivity index (χ0n) is 19.1. The van der Waals surface area contributed by atoms with Crippen molar-refractivity contribution in [2.75, 3.05) is 26.2 Å². The number of piperazine rings is 1. The van der Waals surface area contributed by atoms with E-state index in [1.165, 1.54) is 5.56 Å². The molecule has 1 aliphatic rings. The highest BCUT2D eigenvalue weighted by Gasteiger charge is 2.30. The maximum Gasteiger partial charge on any atom is 0.289 e. The molecule has 174 valence electrons. The number of amides is 2. The van der Waals surface area contributed by atoms with Crippen LogP contribution in [-0.2, 0) is 6.54 Å². The molecule has 0 radical (unpaired) electrons. The van der Waals surface area contributed by atoms with Crippen LogP contribution < -0.4 is 0 Å². The third-order valence-electron chi connectivity index (χ3n) is 6.22. The van der Waals surface area contributed by atoms with Crippen LogP contribution >= 0.6 is 11.6 Å². The summed E-state index contributed by atoms with van der Waals surface area (Å²) < 4.78 is 7.38. The lowest BCUT2D eigenvalue weighted by Crippen LogP contribution is -2.50. The summed E-state index contributed by atoms with van der Waals surface area (Å²) in [6, 6.07) is 17.4. The number of aryl methyl sites for hydroxylation is 2. The monoisotopic (exact) mass is 476 g/mol. The number of nitrogens with zero attached hydrogens (tertiary/aromatic N) is 4. The van der Waals surface area contributed by atoms with Crippen LogP contribution in [0.25, 0.3) is 11.0 Å². The Bertz CT molecular complexity index is 1330. The molecule has 4 aromatic rings. The summed E-state index contributed by atoms with van der Waals surface area (Å²) in [6.45, 7) is 6.02. The molecule has 1 saturated heterocycles. The fourth-order valence-electron chi connectivity index (χ4n) is 4.28. The topological polar surface area (TPSA) is 71.6 Å². The zero-order valence-corrected chi connectivity index (χ0v) is 19.9. The first-order chi connectivity index (χ1) is 16.4. The molecule has 0 atom stereocenters. The standard InChI is InChI=1S/C26H25ClN4O3/c1-17-7-9-19(10-8-17)16-31-24(27)23(18(2)28-31)26(33)30-13-11-29(12-14-30)25(32)22-15-20-5-3-4-6-21(20)34-22/h3-10,15H,11-14,16H2,1-2H3. The number of furan rings is 1. The van der Waals surface area contributed by atoms with Crippen LogP contribution in [-0.4, -0.2) is 57.6 Å². The van der Waals surface area contributed by atoms with Gasteiger partial charge in [0.2, 0.25) is 0 Å². The molecule has 8 heteroatoms. The second-order valence-corrected chi connectivity index (χ2v) is 8.99. The van der Waals surface area contributed by atoms with Crippen molar-refractivity contribution in [3.05, 3.63) is 87.9 Å². The lowest BCUT2D eigenvalue weighted by Gasteiger charge is -2.34. The molecule has 0 aliphatic carbocycles. The highest BCUT2D eigenvalue weighted by Crippen LogP contribution is 2.24. The van der Waals surface area contributed by atoms with Crippen molar-refractivity contribution in [2.45, 2.75) is 20.4 Å². The maximum absolute atomic E-state index is 13.3. The third kappa shape index (κ3) is 4.19. The predicted molar refractivity (Wildman–Crippen MR) is 130 cm³/mol. The lowest BCUT2D eigenvalue weighted by molar-refractivity contribution is 0.0519. The summed E-state index contributed by atoms with van der Waals surface area (Å²) in [5.74, 6) is -0.00540. The van der Waals surface area contributed by atoms with Crippen molar-refractivity contribution >= 4 is 34.4 Å². The van der Waals surface area contributed by atoms with Gasteiger partial charge in [-0.2, -0.15) is 5.10 Å². The minimum atomic E-state index is -0.163. The Morgan fingerprint density at radius 2 is 1.59 bits per heavy atom. The van der Waals surface area contributed by atoms with E-state index >= 15 is 0 Å². The van der Waals surface area contributed by atoms with E-state index < -0.39 is 0 Å². The van der Waals surface area contributed by atoms with Gasteiger partial charge in [0, 0.05) is 31.6 Å². The van der Waals surface area contributed by atoms with Gasteiger partial charge >= 0.3 is 0 Å². The van der Waals surface area contributed by atoms with Crippen molar-refractivity contribution in [1.82, 2.24) is 19.6 Å². The maximum atomic E-state index is 13.3. The Balaban J connectivity index is 1.26. The number of halogens is 1. The van der Waals surface area contributed by atoms with Gasteiger partial charge in [0.05, 0.1) is 17.8 Å². The Hall–Kier alpha value is -3.58. The van der Waals surface area contributed by atoms with Crippen LogP contribution in [0, 0.1) is 13.8 Å². The number of aromatic nitrogens is 2. The first kappa shape index (κ1) is 22.2. The quantitative estimate of drug-likeness (QED) is 0.433. The molecule has 2 amide bonds. The molecule has 0 bridgehead atoms. The zero-order chi connectivity index (χ0) is 23.8. The van der Waals surface area contributed by atoms with Crippen LogP contribution in [0.3, 0.4) is 0 Å². The number of carbonyl (C=O) groups is 2. The number of para-hydroxylation sites is 1. The summed E-state index contributed by atoms with van der Waals surface area (Å²) in [7, 11) is 0. The molecule has 2 aromatic heterocycles. The van der Waals surface area contributed by atoms with Crippen molar-refractivity contribution in [2.24, 2.45) is 0 Å². The molecule has 0 saturated carbocycles. The van der Waals surface area contributed by atoms with Gasteiger partial charge in [0.1, 0.15) is 10.7 Å². The van der Waals surface area contributed by atoms with Gasteiger partial charge in [-0.25, -0.2) is 4.68 Å². The Labute approximate surface area is 202 Å². The third-order valence-corrected chi connectivity index (χ3v) is 6.61. The molecule has 2 aromatic carbocycles. The normalized spacial score (nSPS) is 14.1. The summed E-state index contributed by atoms with van der Waals surface area (Å²) in [6.07, 6.45) is 0. The molecular weight excluding hydrogens is 452 g/mol. The highest BCUT2D eigenvalue weighted by molar-refractivity contribution is 6.33. The van der Waals surface area contributed by atoms with E-state index in [0.29, 0.717) is 60.5 Å². The highest BCUT2D eigenvalue weighted by atomic mass is 35.5. The van der Waals surface area contributed by atoms with E-state index in [4.69, 9.17) is 16.0 Å². The number of benzene rings is 2. The van der Waals surface area contributed by atoms with Gasteiger partial charge in [0.25, 0.3) is 11.8 Å². The largest absolute Gasteiger partial charge is 0.451 e. The van der Waals surface area contributed by atoms with Gasteiger partial charge in [-0.1, -0.05) is 59.6 Å².